The van der Waals surface area contributed by atoms with Crippen molar-refractivity contribution < 1.29 is 0 Å². The van der Waals surface area contributed by atoms with Gasteiger partial charge in [0.1, 0.15) is 11.9 Å². The van der Waals surface area contributed by atoms with E-state index in [1.165, 1.54) is 29.6 Å². The van der Waals surface area contributed by atoms with Crippen LogP contribution in [0.4, 0.5) is 0 Å². The molecule has 1 aromatic rings. The second-order valence-electron chi connectivity index (χ2n) is 2.53. The molecule has 0 saturated heterocycles. The van der Waals surface area contributed by atoms with Crippen LogP contribution in [0.3, 0.4) is 0 Å². The van der Waals surface area contributed by atoms with Crippen LogP contribution < -0.4 is 5.73 Å². The normalized spacial score (nSPS) is 15.1. The van der Waals surface area contributed by atoms with E-state index < -0.39 is 5.54 Å². The van der Waals surface area contributed by atoms with Crippen LogP contribution in [0.1, 0.15) is 6.92 Å². The Bertz CT molecular complexity index is 274. The van der Waals surface area contributed by atoms with Crippen LogP contribution in [-0.2, 0) is 0 Å². The quantitative estimate of drug-likeness (QED) is 0.733. The molecule has 12 heavy (non-hydrogen) atoms. The minimum atomic E-state index is -0.781. The molecule has 0 fully saturated rings. The number of rotatable bonds is 3. The van der Waals surface area contributed by atoms with Crippen molar-refractivity contribution >= 4 is 23.3 Å². The van der Waals surface area contributed by atoms with Crippen molar-refractivity contribution in [2.45, 2.75) is 16.8 Å². The van der Waals surface area contributed by atoms with E-state index >= 15 is 0 Å². The lowest BCUT2D eigenvalue weighted by Gasteiger charge is -2.12. The Morgan fingerprint density at radius 3 is 3.17 bits per heavy atom. The van der Waals surface area contributed by atoms with Gasteiger partial charge in [-0.3, -0.25) is 0 Å². The van der Waals surface area contributed by atoms with Crippen molar-refractivity contribution in [2.75, 3.05) is 5.75 Å². The molecule has 0 aliphatic rings. The maximum absolute atomic E-state index is 8.60. The van der Waals surface area contributed by atoms with Crippen LogP contribution in [0.2, 0.25) is 0 Å². The van der Waals surface area contributed by atoms with Crippen LogP contribution in [-0.4, -0.2) is 20.6 Å². The number of nitriles is 1. The predicted molar refractivity (Wildman–Crippen MR) is 48.8 cm³/mol. The van der Waals surface area contributed by atoms with E-state index in [-0.39, 0.29) is 0 Å². The number of hydrogen-bond donors (Lipinski definition) is 1. The Hall–Kier alpha value is -0.640. The van der Waals surface area contributed by atoms with Crippen molar-refractivity contribution in [3.63, 3.8) is 0 Å². The molecule has 64 valence electrons. The van der Waals surface area contributed by atoms with Crippen molar-refractivity contribution in [2.24, 2.45) is 5.73 Å². The molecule has 0 bridgehead atoms. The summed E-state index contributed by atoms with van der Waals surface area (Å²) in [6.07, 6.45) is 1.49. The highest BCUT2D eigenvalue weighted by atomic mass is 32.2. The third kappa shape index (κ3) is 2.77. The molecular formula is C6H8N4S2. The van der Waals surface area contributed by atoms with Gasteiger partial charge in [0, 0.05) is 5.75 Å². The molecule has 1 aromatic heterocycles. The minimum absolute atomic E-state index is 0.540. The molecule has 0 aliphatic heterocycles. The van der Waals surface area contributed by atoms with Gasteiger partial charge in [-0.15, -0.1) is 0 Å². The Kier molecular flexibility index (Phi) is 3.03. The first kappa shape index (κ1) is 9.45. The third-order valence-corrected chi connectivity index (χ3v) is 3.23. The van der Waals surface area contributed by atoms with E-state index in [0.717, 1.165) is 4.34 Å². The summed E-state index contributed by atoms with van der Waals surface area (Å²) in [6.45, 7) is 1.70. The molecule has 0 radical (unpaired) electrons. The number of aromatic nitrogens is 2. The van der Waals surface area contributed by atoms with Crippen molar-refractivity contribution in [1.82, 2.24) is 9.36 Å². The summed E-state index contributed by atoms with van der Waals surface area (Å²) in [5.74, 6) is 0.540. The predicted octanol–water partition coefficient (Wildman–Crippen LogP) is 0.871. The van der Waals surface area contributed by atoms with Gasteiger partial charge in [-0.1, -0.05) is 11.8 Å². The Labute approximate surface area is 79.0 Å². The molecule has 6 heteroatoms. The van der Waals surface area contributed by atoms with E-state index in [0.29, 0.717) is 5.75 Å². The second-order valence-corrected chi connectivity index (χ2v) is 4.53. The largest absolute Gasteiger partial charge is 0.313 e. The molecule has 0 spiro atoms. The van der Waals surface area contributed by atoms with Crippen LogP contribution in [0.25, 0.3) is 0 Å². The minimum Gasteiger partial charge on any atom is -0.313 e. The molecule has 1 rings (SSSR count). The van der Waals surface area contributed by atoms with Gasteiger partial charge in [-0.25, -0.2) is 4.98 Å². The van der Waals surface area contributed by atoms with Crippen LogP contribution in [0, 0.1) is 11.3 Å². The molecule has 1 atom stereocenters. The molecule has 0 saturated carbocycles. The van der Waals surface area contributed by atoms with E-state index in [1.807, 2.05) is 6.07 Å². The van der Waals surface area contributed by atoms with E-state index in [2.05, 4.69) is 9.36 Å². The first-order valence-electron chi connectivity index (χ1n) is 3.24. The maximum atomic E-state index is 8.60. The summed E-state index contributed by atoms with van der Waals surface area (Å²) in [6, 6.07) is 2.02. The summed E-state index contributed by atoms with van der Waals surface area (Å²) in [4.78, 5) is 3.96. The van der Waals surface area contributed by atoms with Gasteiger partial charge in [0.2, 0.25) is 0 Å². The molecule has 1 unspecified atom stereocenters. The van der Waals surface area contributed by atoms with E-state index in [1.54, 1.807) is 6.92 Å². The average Bonchev–Trinajstić information content (AvgIpc) is 2.53. The topological polar surface area (TPSA) is 75.6 Å². The Morgan fingerprint density at radius 1 is 1.92 bits per heavy atom. The fourth-order valence-corrected chi connectivity index (χ4v) is 1.88. The van der Waals surface area contributed by atoms with Crippen LogP contribution in [0.5, 0.6) is 0 Å². The van der Waals surface area contributed by atoms with Crippen LogP contribution in [0.15, 0.2) is 10.7 Å². The molecule has 0 aromatic carbocycles. The highest BCUT2D eigenvalue weighted by Gasteiger charge is 2.17. The number of nitrogens with zero attached hydrogens (tertiary/aromatic N) is 3. The zero-order valence-electron chi connectivity index (χ0n) is 6.52. The molecule has 0 aliphatic carbocycles. The standard InChI is InChI=1S/C6H8N4S2/c1-6(8,2-7)3-11-5-9-4-10-12-5/h4H,3,8H2,1H3. The fourth-order valence-electron chi connectivity index (χ4n) is 0.470. The van der Waals surface area contributed by atoms with Gasteiger partial charge >= 0.3 is 0 Å². The molecule has 1 heterocycles. The van der Waals surface area contributed by atoms with Gasteiger partial charge in [0.25, 0.3) is 0 Å². The zero-order chi connectivity index (χ0) is 9.03. The maximum Gasteiger partial charge on any atom is 0.169 e. The van der Waals surface area contributed by atoms with Gasteiger partial charge in [-0.2, -0.15) is 9.64 Å². The van der Waals surface area contributed by atoms with Gasteiger partial charge in [0.15, 0.2) is 4.34 Å². The van der Waals surface area contributed by atoms with Gasteiger partial charge in [0.05, 0.1) is 6.07 Å². The highest BCUT2D eigenvalue weighted by molar-refractivity contribution is 8.01. The third-order valence-electron chi connectivity index (χ3n) is 1.09. The Balaban J connectivity index is 2.42. The lowest BCUT2D eigenvalue weighted by molar-refractivity contribution is 0.682. The summed E-state index contributed by atoms with van der Waals surface area (Å²) < 4.78 is 4.68. The van der Waals surface area contributed by atoms with Gasteiger partial charge < -0.3 is 5.73 Å². The average molecular weight is 200 g/mol. The zero-order valence-corrected chi connectivity index (χ0v) is 8.15. The first-order valence-corrected chi connectivity index (χ1v) is 4.99. The summed E-state index contributed by atoms with van der Waals surface area (Å²) in [7, 11) is 0. The van der Waals surface area contributed by atoms with Crippen molar-refractivity contribution in [1.29, 1.82) is 5.26 Å². The summed E-state index contributed by atoms with van der Waals surface area (Å²) >= 11 is 2.77. The Morgan fingerprint density at radius 2 is 2.67 bits per heavy atom. The number of thioether (sulfide) groups is 1. The van der Waals surface area contributed by atoms with Crippen molar-refractivity contribution in [3.8, 4) is 6.07 Å². The van der Waals surface area contributed by atoms with E-state index in [4.69, 9.17) is 11.0 Å². The van der Waals surface area contributed by atoms with Crippen LogP contribution >= 0.6 is 23.3 Å². The molecule has 2 N–H and O–H groups in total. The van der Waals surface area contributed by atoms with Gasteiger partial charge in [-0.05, 0) is 18.5 Å². The molecular weight excluding hydrogens is 192 g/mol. The fraction of sp³-hybridized carbons (Fsp3) is 0.500. The summed E-state index contributed by atoms with van der Waals surface area (Å²) in [5.41, 5.74) is 4.83. The first-order chi connectivity index (χ1) is 5.64. The monoisotopic (exact) mass is 200 g/mol. The number of nitrogens with two attached hydrogens (primary N) is 1. The lowest BCUT2D eigenvalue weighted by Crippen LogP contribution is -2.36. The molecule has 0 amide bonds. The summed E-state index contributed by atoms with van der Waals surface area (Å²) in [5, 5.41) is 8.60. The lowest BCUT2D eigenvalue weighted by atomic mass is 10.1. The second kappa shape index (κ2) is 3.85. The van der Waals surface area contributed by atoms with E-state index in [9.17, 15) is 0 Å². The highest BCUT2D eigenvalue weighted by Crippen LogP contribution is 2.21. The molecule has 4 nitrogen and oxygen atoms in total. The smallest absolute Gasteiger partial charge is 0.169 e. The SMILES string of the molecule is CC(N)(C#N)CSc1ncns1. The number of hydrogen-bond acceptors (Lipinski definition) is 6. The van der Waals surface area contributed by atoms with Crippen molar-refractivity contribution in [3.05, 3.63) is 6.33 Å².